The molecule has 0 aliphatic carbocycles. The maximum atomic E-state index is 12.3. The van der Waals surface area contributed by atoms with Gasteiger partial charge in [-0.1, -0.05) is 42.5 Å². The van der Waals surface area contributed by atoms with Gasteiger partial charge in [-0.25, -0.2) is 0 Å². The molecule has 1 saturated heterocycles. The summed E-state index contributed by atoms with van der Waals surface area (Å²) in [6, 6.07) is 18.1. The molecule has 31 heavy (non-hydrogen) atoms. The van der Waals surface area contributed by atoms with Crippen LogP contribution in [0.4, 0.5) is 5.69 Å². The van der Waals surface area contributed by atoms with Gasteiger partial charge in [0.2, 0.25) is 5.91 Å². The number of carbonyl (C=O) groups is 3. The fraction of sp³-hybridized carbons (Fsp3) is 0.250. The normalized spacial score (nSPS) is 14.1. The third kappa shape index (κ3) is 6.28. The van der Waals surface area contributed by atoms with E-state index in [1.54, 1.807) is 35.2 Å². The van der Waals surface area contributed by atoms with Crippen molar-refractivity contribution in [1.82, 2.24) is 4.90 Å². The van der Waals surface area contributed by atoms with E-state index in [4.69, 9.17) is 10.00 Å². The second kappa shape index (κ2) is 10.7. The van der Waals surface area contributed by atoms with E-state index in [9.17, 15) is 14.4 Å². The molecule has 158 valence electrons. The molecule has 2 aromatic carbocycles. The van der Waals surface area contributed by atoms with Crippen LogP contribution in [0.25, 0.3) is 6.08 Å². The second-order valence-corrected chi connectivity index (χ2v) is 7.16. The van der Waals surface area contributed by atoms with Crippen LogP contribution in [0.2, 0.25) is 0 Å². The van der Waals surface area contributed by atoms with E-state index >= 15 is 0 Å². The highest BCUT2D eigenvalue weighted by molar-refractivity contribution is 5.94. The zero-order valence-electron chi connectivity index (χ0n) is 17.0. The number of piperidine rings is 1. The molecule has 2 amide bonds. The van der Waals surface area contributed by atoms with Crippen LogP contribution in [0.1, 0.15) is 24.0 Å². The molecule has 1 heterocycles. The number of esters is 1. The number of amides is 2. The Labute approximate surface area is 180 Å². The van der Waals surface area contributed by atoms with Gasteiger partial charge in [0, 0.05) is 19.2 Å². The van der Waals surface area contributed by atoms with Crippen LogP contribution in [-0.4, -0.2) is 42.4 Å². The number of hydrogen-bond donors (Lipinski definition) is 1. The van der Waals surface area contributed by atoms with Crippen molar-refractivity contribution in [2.75, 3.05) is 25.0 Å². The van der Waals surface area contributed by atoms with Crippen molar-refractivity contribution in [1.29, 1.82) is 5.26 Å². The lowest BCUT2D eigenvalue weighted by Crippen LogP contribution is -2.40. The van der Waals surface area contributed by atoms with E-state index in [1.165, 1.54) is 6.08 Å². The van der Waals surface area contributed by atoms with Crippen molar-refractivity contribution >= 4 is 29.5 Å². The zero-order chi connectivity index (χ0) is 22.1. The highest BCUT2D eigenvalue weighted by Gasteiger charge is 2.28. The standard InChI is InChI=1S/C24H23N3O4/c25-16-20-8-4-5-9-21(20)26-22(28)17-31-24(30)19-12-14-27(15-13-19)23(29)11-10-18-6-2-1-3-7-18/h1-11,19H,12-15,17H2,(H,26,28)/b11-10+. The molecular formula is C24H23N3O4. The van der Waals surface area contributed by atoms with Crippen LogP contribution >= 0.6 is 0 Å². The van der Waals surface area contributed by atoms with Gasteiger partial charge in [0.1, 0.15) is 6.07 Å². The van der Waals surface area contributed by atoms with Crippen molar-refractivity contribution in [2.24, 2.45) is 5.92 Å². The molecule has 1 aliphatic rings. The lowest BCUT2D eigenvalue weighted by molar-refractivity contribution is -0.153. The highest BCUT2D eigenvalue weighted by atomic mass is 16.5. The van der Waals surface area contributed by atoms with Crippen molar-refractivity contribution in [3.63, 3.8) is 0 Å². The lowest BCUT2D eigenvalue weighted by Gasteiger charge is -2.30. The molecule has 1 N–H and O–H groups in total. The molecule has 0 atom stereocenters. The number of rotatable bonds is 6. The van der Waals surface area contributed by atoms with Crippen molar-refractivity contribution in [3.05, 3.63) is 71.8 Å². The van der Waals surface area contributed by atoms with Gasteiger partial charge in [-0.3, -0.25) is 14.4 Å². The first-order chi connectivity index (χ1) is 15.1. The van der Waals surface area contributed by atoms with Crippen LogP contribution in [0.3, 0.4) is 0 Å². The number of hydrogen-bond acceptors (Lipinski definition) is 5. The first-order valence-corrected chi connectivity index (χ1v) is 10.0. The molecule has 0 aromatic heterocycles. The van der Waals surface area contributed by atoms with Gasteiger partial charge in [-0.05, 0) is 36.6 Å². The Bertz CT molecular complexity index is 1000. The third-order valence-electron chi connectivity index (χ3n) is 5.03. The van der Waals surface area contributed by atoms with Gasteiger partial charge >= 0.3 is 5.97 Å². The number of nitrogens with one attached hydrogen (secondary N) is 1. The minimum Gasteiger partial charge on any atom is -0.455 e. The van der Waals surface area contributed by atoms with E-state index in [2.05, 4.69) is 5.32 Å². The van der Waals surface area contributed by atoms with Gasteiger partial charge in [-0.2, -0.15) is 5.26 Å². The Morgan fingerprint density at radius 1 is 1.06 bits per heavy atom. The summed E-state index contributed by atoms with van der Waals surface area (Å²) in [5.74, 6) is -1.39. The largest absolute Gasteiger partial charge is 0.455 e. The average Bonchev–Trinajstić information content (AvgIpc) is 2.82. The number of para-hydroxylation sites is 1. The van der Waals surface area contributed by atoms with Gasteiger partial charge in [0.15, 0.2) is 6.61 Å². The number of nitriles is 1. The summed E-state index contributed by atoms with van der Waals surface area (Å²) in [6.45, 7) is 0.497. The number of likely N-dealkylation sites (tertiary alicyclic amines) is 1. The monoisotopic (exact) mass is 417 g/mol. The van der Waals surface area contributed by atoms with E-state index in [0.29, 0.717) is 37.2 Å². The number of ether oxygens (including phenoxy) is 1. The second-order valence-electron chi connectivity index (χ2n) is 7.16. The molecule has 7 nitrogen and oxygen atoms in total. The first-order valence-electron chi connectivity index (χ1n) is 10.0. The molecule has 2 aromatic rings. The molecule has 0 radical (unpaired) electrons. The SMILES string of the molecule is N#Cc1ccccc1NC(=O)COC(=O)C1CCN(C(=O)/C=C/c2ccccc2)CC1. The number of carbonyl (C=O) groups excluding carboxylic acids is 3. The molecule has 1 fully saturated rings. The van der Waals surface area contributed by atoms with Crippen molar-refractivity contribution in [3.8, 4) is 6.07 Å². The number of anilines is 1. The predicted molar refractivity (Wildman–Crippen MR) is 116 cm³/mol. The molecule has 7 heteroatoms. The number of nitrogens with zero attached hydrogens (tertiary/aromatic N) is 2. The highest BCUT2D eigenvalue weighted by Crippen LogP contribution is 2.19. The Balaban J connectivity index is 1.42. The quantitative estimate of drug-likeness (QED) is 0.575. The fourth-order valence-electron chi connectivity index (χ4n) is 3.30. The van der Waals surface area contributed by atoms with Gasteiger partial charge in [0.25, 0.3) is 5.91 Å². The smallest absolute Gasteiger partial charge is 0.309 e. The summed E-state index contributed by atoms with van der Waals surface area (Å²) in [4.78, 5) is 38.4. The van der Waals surface area contributed by atoms with Crippen LogP contribution in [-0.2, 0) is 19.1 Å². The third-order valence-corrected chi connectivity index (χ3v) is 5.03. The molecule has 1 aliphatic heterocycles. The Kier molecular flexibility index (Phi) is 7.55. The Morgan fingerprint density at radius 2 is 1.74 bits per heavy atom. The molecule has 0 bridgehead atoms. The molecule has 3 rings (SSSR count). The summed E-state index contributed by atoms with van der Waals surface area (Å²) in [7, 11) is 0. The predicted octanol–water partition coefficient (Wildman–Crippen LogP) is 2.99. The van der Waals surface area contributed by atoms with Crippen LogP contribution in [0.5, 0.6) is 0 Å². The van der Waals surface area contributed by atoms with Crippen LogP contribution in [0.15, 0.2) is 60.7 Å². The molecule has 0 unspecified atom stereocenters. The van der Waals surface area contributed by atoms with E-state index in [-0.39, 0.29) is 11.8 Å². The van der Waals surface area contributed by atoms with Crippen LogP contribution < -0.4 is 5.32 Å². The van der Waals surface area contributed by atoms with Gasteiger partial charge in [-0.15, -0.1) is 0 Å². The average molecular weight is 417 g/mol. The summed E-state index contributed by atoms with van der Waals surface area (Å²) < 4.78 is 5.14. The molecule has 0 spiro atoms. The maximum absolute atomic E-state index is 12.3. The summed E-state index contributed by atoms with van der Waals surface area (Å²) in [5, 5.41) is 11.6. The summed E-state index contributed by atoms with van der Waals surface area (Å²) in [5.41, 5.74) is 1.66. The van der Waals surface area contributed by atoms with Crippen molar-refractivity contribution in [2.45, 2.75) is 12.8 Å². The van der Waals surface area contributed by atoms with E-state index < -0.39 is 18.5 Å². The first kappa shape index (κ1) is 21.8. The lowest BCUT2D eigenvalue weighted by atomic mass is 9.97. The minimum atomic E-state index is -0.505. The van der Waals surface area contributed by atoms with E-state index in [0.717, 1.165) is 5.56 Å². The Hall–Kier alpha value is -3.92. The Morgan fingerprint density at radius 3 is 2.45 bits per heavy atom. The van der Waals surface area contributed by atoms with E-state index in [1.807, 2.05) is 36.4 Å². The number of benzene rings is 2. The zero-order valence-corrected chi connectivity index (χ0v) is 17.0. The van der Waals surface area contributed by atoms with Crippen molar-refractivity contribution < 1.29 is 19.1 Å². The topological polar surface area (TPSA) is 99.5 Å². The van der Waals surface area contributed by atoms with Gasteiger partial charge < -0.3 is 15.0 Å². The van der Waals surface area contributed by atoms with Crippen LogP contribution in [0, 0.1) is 17.2 Å². The summed E-state index contributed by atoms with van der Waals surface area (Å²) >= 11 is 0. The molecular weight excluding hydrogens is 394 g/mol. The molecule has 0 saturated carbocycles. The maximum Gasteiger partial charge on any atom is 0.309 e. The fourth-order valence-corrected chi connectivity index (χ4v) is 3.30. The summed E-state index contributed by atoms with van der Waals surface area (Å²) in [6.07, 6.45) is 4.29. The minimum absolute atomic E-state index is 0.0915. The van der Waals surface area contributed by atoms with Gasteiger partial charge in [0.05, 0.1) is 17.2 Å².